The summed E-state index contributed by atoms with van der Waals surface area (Å²) in [5.41, 5.74) is 3.04. The molecule has 0 aliphatic heterocycles. The molecular formula is C28H39NP+. The van der Waals surface area contributed by atoms with E-state index >= 15 is 0 Å². The van der Waals surface area contributed by atoms with Gasteiger partial charge in [-0.1, -0.05) is 78.0 Å². The Balaban J connectivity index is 2.61. The van der Waals surface area contributed by atoms with E-state index in [0.29, 0.717) is 6.42 Å². The number of hydrogen-bond donors (Lipinski definition) is 0. The molecule has 2 rings (SSSR count). The van der Waals surface area contributed by atoms with Gasteiger partial charge in [-0.15, -0.1) is 0 Å². The van der Waals surface area contributed by atoms with Crippen molar-refractivity contribution in [1.82, 2.24) is 0 Å². The van der Waals surface area contributed by atoms with Crippen LogP contribution in [-0.2, 0) is 10.8 Å². The first kappa shape index (κ1) is 24.4. The molecule has 0 heterocycles. The third kappa shape index (κ3) is 5.83. The van der Waals surface area contributed by atoms with Gasteiger partial charge in [-0.2, -0.15) is 5.26 Å². The Kier molecular flexibility index (Phi) is 8.07. The van der Waals surface area contributed by atoms with Gasteiger partial charge in [0.25, 0.3) is 0 Å². The van der Waals surface area contributed by atoms with Crippen molar-refractivity contribution in [1.29, 1.82) is 5.26 Å². The maximum absolute atomic E-state index is 9.18. The largest absolute Gasteiger partial charge is 0.198 e. The van der Waals surface area contributed by atoms with Gasteiger partial charge in [0.1, 0.15) is 0 Å². The van der Waals surface area contributed by atoms with Crippen LogP contribution in [0.2, 0.25) is 0 Å². The van der Waals surface area contributed by atoms with Crippen LogP contribution in [0.3, 0.4) is 0 Å². The summed E-state index contributed by atoms with van der Waals surface area (Å²) in [6, 6.07) is 21.1. The summed E-state index contributed by atoms with van der Waals surface area (Å²) in [5, 5.41) is 12.1. The third-order valence-electron chi connectivity index (χ3n) is 5.94. The molecule has 0 N–H and O–H groups in total. The fourth-order valence-electron chi connectivity index (χ4n) is 3.92. The molecule has 1 nitrogen and oxygen atoms in total. The zero-order chi connectivity index (χ0) is 22.4. The molecule has 0 atom stereocenters. The number of rotatable bonds is 7. The van der Waals surface area contributed by atoms with Crippen LogP contribution in [0.1, 0.15) is 72.4 Å². The predicted octanol–water partition coefficient (Wildman–Crippen LogP) is 7.13. The fraction of sp³-hybridized carbons (Fsp3) is 0.464. The number of allylic oxidation sites excluding steroid dienone is 2. The summed E-state index contributed by atoms with van der Waals surface area (Å²) < 4.78 is 0. The molecule has 0 bridgehead atoms. The molecule has 2 aromatic rings. The molecule has 0 aliphatic rings. The van der Waals surface area contributed by atoms with Crippen molar-refractivity contribution in [3.63, 3.8) is 0 Å². The topological polar surface area (TPSA) is 23.8 Å². The number of benzene rings is 2. The normalized spacial score (nSPS) is 12.9. The van der Waals surface area contributed by atoms with E-state index in [-0.39, 0.29) is 10.8 Å². The molecule has 0 fully saturated rings. The molecule has 0 spiro atoms. The monoisotopic (exact) mass is 420 g/mol. The highest BCUT2D eigenvalue weighted by Gasteiger charge is 2.41. The van der Waals surface area contributed by atoms with Crippen molar-refractivity contribution in [2.45, 2.75) is 72.1 Å². The molecule has 0 aliphatic carbocycles. The number of nitriles is 1. The van der Waals surface area contributed by atoms with Gasteiger partial charge in [0.05, 0.1) is 36.3 Å². The van der Waals surface area contributed by atoms with Crippen LogP contribution >= 0.6 is 7.26 Å². The Morgan fingerprint density at radius 2 is 1.23 bits per heavy atom. The standard InChI is InChI=1S/C28H39NP/c1-8-9-21-30(22-11-10-20-29,25-16-12-23(13-17-25)27(2,3)4)26-18-14-24(15-19-26)28(5,6)7/h8-9,12-19H,10-11,21-22H2,1-7H3/q+1/b9-8+. The highest BCUT2D eigenvalue weighted by atomic mass is 31.2. The molecule has 0 saturated carbocycles. The van der Waals surface area contributed by atoms with Crippen LogP contribution in [0.15, 0.2) is 60.7 Å². The first-order valence-electron chi connectivity index (χ1n) is 11.1. The van der Waals surface area contributed by atoms with Crippen LogP contribution in [0.25, 0.3) is 0 Å². The zero-order valence-corrected chi connectivity index (χ0v) is 20.9. The van der Waals surface area contributed by atoms with Crippen LogP contribution < -0.4 is 10.6 Å². The molecule has 30 heavy (non-hydrogen) atoms. The van der Waals surface area contributed by atoms with E-state index in [0.717, 1.165) is 18.7 Å². The lowest BCUT2D eigenvalue weighted by Gasteiger charge is -2.28. The van der Waals surface area contributed by atoms with Gasteiger partial charge in [-0.3, -0.25) is 0 Å². The van der Waals surface area contributed by atoms with Crippen molar-refractivity contribution in [2.24, 2.45) is 0 Å². The van der Waals surface area contributed by atoms with Crippen molar-refractivity contribution in [3.8, 4) is 6.07 Å². The van der Waals surface area contributed by atoms with Gasteiger partial charge in [-0.25, -0.2) is 0 Å². The SMILES string of the molecule is C/C=C/C[P+](CCCC#N)(c1ccc(C(C)(C)C)cc1)c1ccc(C(C)(C)C)cc1. The molecule has 160 valence electrons. The zero-order valence-electron chi connectivity index (χ0n) is 20.0. The summed E-state index contributed by atoms with van der Waals surface area (Å²) in [4.78, 5) is 0. The average molecular weight is 421 g/mol. The first-order chi connectivity index (χ1) is 14.0. The third-order valence-corrected chi connectivity index (χ3v) is 10.4. The first-order valence-corrected chi connectivity index (χ1v) is 13.3. The van der Waals surface area contributed by atoms with Crippen molar-refractivity contribution < 1.29 is 0 Å². The lowest BCUT2D eigenvalue weighted by molar-refractivity contribution is 0.590. The lowest BCUT2D eigenvalue weighted by Crippen LogP contribution is -2.28. The Morgan fingerprint density at radius 1 is 0.800 bits per heavy atom. The van der Waals surface area contributed by atoms with Crippen LogP contribution in [0.4, 0.5) is 0 Å². The van der Waals surface area contributed by atoms with Gasteiger partial charge in [0.15, 0.2) is 0 Å². The summed E-state index contributed by atoms with van der Waals surface area (Å²) in [6.45, 7) is 15.7. The average Bonchev–Trinajstić information content (AvgIpc) is 2.70. The number of nitrogens with zero attached hydrogens (tertiary/aromatic N) is 1. The fourth-order valence-corrected chi connectivity index (χ4v) is 8.04. The lowest BCUT2D eigenvalue weighted by atomic mass is 9.87. The highest BCUT2D eigenvalue weighted by molar-refractivity contribution is 7.89. The Hall–Kier alpha value is -1.90. The molecule has 0 radical (unpaired) electrons. The number of unbranched alkanes of at least 4 members (excludes halogenated alkanes) is 1. The van der Waals surface area contributed by atoms with Gasteiger partial charge >= 0.3 is 0 Å². The van der Waals surface area contributed by atoms with E-state index in [1.807, 2.05) is 0 Å². The molecule has 0 aromatic heterocycles. The molecular weight excluding hydrogens is 381 g/mol. The summed E-state index contributed by atoms with van der Waals surface area (Å²) in [6.07, 6.45) is 8.20. The van der Waals surface area contributed by atoms with Crippen LogP contribution in [0, 0.1) is 11.3 Å². The van der Waals surface area contributed by atoms with Gasteiger partial charge in [0.2, 0.25) is 0 Å². The maximum Gasteiger partial charge on any atom is 0.0995 e. The predicted molar refractivity (Wildman–Crippen MR) is 136 cm³/mol. The van der Waals surface area contributed by atoms with E-state index in [9.17, 15) is 5.26 Å². The Morgan fingerprint density at radius 3 is 1.57 bits per heavy atom. The smallest absolute Gasteiger partial charge is 0.0995 e. The molecule has 2 aromatic carbocycles. The van der Waals surface area contributed by atoms with E-state index in [4.69, 9.17) is 0 Å². The second-order valence-corrected chi connectivity index (χ2v) is 14.1. The second-order valence-electron chi connectivity index (χ2n) is 10.3. The highest BCUT2D eigenvalue weighted by Crippen LogP contribution is 2.57. The van der Waals surface area contributed by atoms with Gasteiger partial charge in [0, 0.05) is 6.42 Å². The van der Waals surface area contributed by atoms with E-state index in [2.05, 4.69) is 115 Å². The molecule has 2 heteroatoms. The van der Waals surface area contributed by atoms with E-state index in [1.165, 1.54) is 21.7 Å². The van der Waals surface area contributed by atoms with Crippen LogP contribution in [0.5, 0.6) is 0 Å². The maximum atomic E-state index is 9.18. The van der Waals surface area contributed by atoms with Crippen LogP contribution in [-0.4, -0.2) is 12.3 Å². The van der Waals surface area contributed by atoms with Crippen molar-refractivity contribution in [3.05, 3.63) is 71.8 Å². The molecule has 0 saturated heterocycles. The Labute approximate surface area is 185 Å². The number of hydrogen-bond acceptors (Lipinski definition) is 1. The second kappa shape index (κ2) is 9.94. The Bertz CT molecular complexity index is 811. The van der Waals surface area contributed by atoms with Gasteiger partial charge in [-0.05, 0) is 59.6 Å². The molecule has 0 amide bonds. The minimum Gasteiger partial charge on any atom is -0.198 e. The van der Waals surface area contributed by atoms with Gasteiger partial charge < -0.3 is 0 Å². The summed E-state index contributed by atoms with van der Waals surface area (Å²) in [7, 11) is -1.63. The minimum absolute atomic E-state index is 0.151. The van der Waals surface area contributed by atoms with E-state index in [1.54, 1.807) is 0 Å². The van der Waals surface area contributed by atoms with E-state index < -0.39 is 7.26 Å². The summed E-state index contributed by atoms with van der Waals surface area (Å²) in [5.74, 6) is 0. The van der Waals surface area contributed by atoms with Crippen molar-refractivity contribution in [2.75, 3.05) is 12.3 Å². The quantitative estimate of drug-likeness (QED) is 0.265. The van der Waals surface area contributed by atoms with Crippen molar-refractivity contribution >= 4 is 17.9 Å². The summed E-state index contributed by atoms with van der Waals surface area (Å²) >= 11 is 0. The molecule has 0 unspecified atom stereocenters. The minimum atomic E-state index is -1.63.